The minimum Gasteiger partial charge on any atom is -0.438 e. The van der Waals surface area contributed by atoms with Crippen molar-refractivity contribution >= 4 is 201 Å². The first-order valence-electron chi connectivity index (χ1n) is 35.6. The maximum Gasteiger partial charge on any atom is 0.238 e. The van der Waals surface area contributed by atoms with Gasteiger partial charge in [0.25, 0.3) is 0 Å². The molecule has 1 N–H and O–H groups in total. The van der Waals surface area contributed by atoms with E-state index in [1.54, 1.807) is 0 Å². The highest BCUT2D eigenvalue weighted by Gasteiger charge is 2.27. The van der Waals surface area contributed by atoms with Crippen LogP contribution in [0.1, 0.15) is 0 Å². The average molecular weight is 1430 g/mol. The minimum atomic E-state index is 0.177. The number of anilines is 3. The van der Waals surface area contributed by atoms with Crippen LogP contribution in [0.15, 0.2) is 349 Å². The normalized spacial score (nSPS) is 11.8. The number of H-pyrrole nitrogens is 1. The molecular formula is C96H57ClN6O2S2. The monoisotopic (exact) mass is 1420 g/mol. The lowest BCUT2D eigenvalue weighted by Crippen LogP contribution is -2.14. The van der Waals surface area contributed by atoms with Gasteiger partial charge in [-0.2, -0.15) is 9.97 Å². The fraction of sp³-hybridized carbons (Fsp3) is 0. The van der Waals surface area contributed by atoms with E-state index in [1.807, 2.05) is 77.3 Å². The number of furan rings is 2. The van der Waals surface area contributed by atoms with Crippen molar-refractivity contribution in [2.75, 3.05) is 4.90 Å². The molecule has 7 aromatic heterocycles. The van der Waals surface area contributed by atoms with Crippen LogP contribution in [-0.2, 0) is 0 Å². The van der Waals surface area contributed by atoms with E-state index >= 15 is 0 Å². The largest absolute Gasteiger partial charge is 0.438 e. The Morgan fingerprint density at radius 3 is 1.32 bits per heavy atom. The molecule has 23 aromatic rings. The van der Waals surface area contributed by atoms with Gasteiger partial charge in [-0.05, 0) is 150 Å². The summed E-state index contributed by atoms with van der Waals surface area (Å²) in [5, 5.41) is 21.5. The van der Waals surface area contributed by atoms with Crippen LogP contribution in [0.3, 0.4) is 0 Å². The van der Waals surface area contributed by atoms with Crippen LogP contribution in [0.5, 0.6) is 0 Å². The number of hydrogen-bond acceptors (Lipinski definition) is 9. The highest BCUT2D eigenvalue weighted by molar-refractivity contribution is 7.27. The molecular weight excluding hydrogens is 1370 g/mol. The topological polar surface area (TPSA) is 96.9 Å². The molecule has 0 aliphatic heterocycles. The van der Waals surface area contributed by atoms with Crippen LogP contribution in [-0.4, -0.2) is 24.9 Å². The fourth-order valence-electron chi connectivity index (χ4n) is 15.8. The summed E-state index contributed by atoms with van der Waals surface area (Å²) in [6.07, 6.45) is 0. The molecule has 11 heteroatoms. The molecule has 0 amide bonds. The number of rotatable bonds is 7. The molecule has 8 nitrogen and oxygen atoms in total. The van der Waals surface area contributed by atoms with Gasteiger partial charge in [0.2, 0.25) is 22.7 Å². The predicted molar refractivity (Wildman–Crippen MR) is 452 cm³/mol. The smallest absolute Gasteiger partial charge is 0.238 e. The van der Waals surface area contributed by atoms with E-state index in [4.69, 9.17) is 30.4 Å². The summed E-state index contributed by atoms with van der Waals surface area (Å²) < 4.78 is 17.6. The fourth-order valence-corrected chi connectivity index (χ4v) is 18.4. The number of aromatic nitrogens is 5. The van der Waals surface area contributed by atoms with Crippen molar-refractivity contribution in [3.63, 3.8) is 0 Å². The van der Waals surface area contributed by atoms with Crippen molar-refractivity contribution in [1.82, 2.24) is 24.9 Å². The molecule has 16 aromatic carbocycles. The number of aromatic amines is 1. The van der Waals surface area contributed by atoms with E-state index < -0.39 is 0 Å². The maximum absolute atomic E-state index is 6.56. The van der Waals surface area contributed by atoms with Gasteiger partial charge in [-0.1, -0.05) is 267 Å². The summed E-state index contributed by atoms with van der Waals surface area (Å²) in [5.41, 5.74) is 15.5. The number of nitrogens with one attached hydrogen (secondary N) is 1. The predicted octanol–water partition coefficient (Wildman–Crippen LogP) is 28.2. The van der Waals surface area contributed by atoms with E-state index in [2.05, 4.69) is 305 Å². The van der Waals surface area contributed by atoms with Crippen LogP contribution >= 0.6 is 34.3 Å². The van der Waals surface area contributed by atoms with Gasteiger partial charge in [-0.3, -0.25) is 4.90 Å². The SMILES string of the molecule is Clc1nc(-c2ccc3cc(-c4ccccc4)ccc3c2)c2c(n1)oc1ccccc12.c1ccc(-c2ccc3cc(-c4nc(N(c5ccccc5)c5cc6ccccc6c6c5sc5ccccc56)nc5oc6ccccc6c45)ccc3c2)cc1.c1ccc2c(c1)[nH]c1c3sc4ccccc4c3c3ccccc3c21. The van der Waals surface area contributed by atoms with E-state index in [9.17, 15) is 0 Å². The Bertz CT molecular complexity index is 7380. The van der Waals surface area contributed by atoms with Crippen LogP contribution in [0.25, 0.3) is 194 Å². The maximum atomic E-state index is 6.56. The van der Waals surface area contributed by atoms with Crippen LogP contribution in [0.4, 0.5) is 17.3 Å². The van der Waals surface area contributed by atoms with Crippen molar-refractivity contribution in [1.29, 1.82) is 0 Å². The first kappa shape index (κ1) is 62.2. The average Bonchev–Trinajstić information content (AvgIpc) is 1.70. The minimum absolute atomic E-state index is 0.177. The van der Waals surface area contributed by atoms with E-state index in [0.717, 1.165) is 82.8 Å². The number of hydrogen-bond donors (Lipinski definition) is 1. The van der Waals surface area contributed by atoms with E-state index in [1.165, 1.54) is 111 Å². The Balaban J connectivity index is 0.000000114. The number of para-hydroxylation sites is 4. The zero-order valence-electron chi connectivity index (χ0n) is 57.1. The Labute approximate surface area is 624 Å². The highest BCUT2D eigenvalue weighted by atomic mass is 35.5. The molecule has 0 fully saturated rings. The molecule has 0 atom stereocenters. The Hall–Kier alpha value is -13.4. The van der Waals surface area contributed by atoms with Crippen molar-refractivity contribution in [3.05, 3.63) is 345 Å². The van der Waals surface area contributed by atoms with Gasteiger partial charge in [0, 0.05) is 74.8 Å². The molecule has 0 saturated heterocycles. The third-order valence-corrected chi connectivity index (χ3v) is 23.2. The van der Waals surface area contributed by atoms with Crippen molar-refractivity contribution in [3.8, 4) is 44.8 Å². The van der Waals surface area contributed by atoms with Gasteiger partial charge >= 0.3 is 0 Å². The number of halogens is 1. The Kier molecular flexibility index (Phi) is 14.8. The van der Waals surface area contributed by atoms with Crippen molar-refractivity contribution in [2.45, 2.75) is 0 Å². The summed E-state index contributed by atoms with van der Waals surface area (Å²) >= 11 is 9.92. The molecule has 0 aliphatic carbocycles. The summed E-state index contributed by atoms with van der Waals surface area (Å²) in [6.45, 7) is 0. The first-order chi connectivity index (χ1) is 52.9. The third kappa shape index (κ3) is 10.6. The number of fused-ring (bicyclic) bond motifs is 23. The van der Waals surface area contributed by atoms with E-state index in [0.29, 0.717) is 17.4 Å². The standard InChI is InChI=1S/C48H29N3OS.C26H15ClN2O.C22H13NS/c1-3-13-30(14-4-1)31-23-24-33-28-35(26-25-32(33)27-31)45-44-38-19-9-11-21-41(38)52-47(44)50-48(49-45)51(36-16-5-2-6-17-36)40-29-34-15-7-8-18-37(34)43-39-20-10-12-22-42(39)53-46(40)43;27-26-28-24(23-21-8-4-5-9-22(21)30-25(23)29-26)20-13-12-18-14-17(10-11-19(18)15-20)16-6-2-1-3-7-16;1-2-8-14-13(7-1)19-15-9-3-5-11-17(15)23-21(19)22-20(14)16-10-4-6-12-18(16)24-22/h1-29H;1-15H;1-12,23H. The zero-order chi connectivity index (χ0) is 70.6. The summed E-state index contributed by atoms with van der Waals surface area (Å²) in [5.74, 6) is 0.548. The van der Waals surface area contributed by atoms with Crippen LogP contribution in [0.2, 0.25) is 5.28 Å². The van der Waals surface area contributed by atoms with Gasteiger partial charge in [0.1, 0.15) is 11.2 Å². The highest BCUT2D eigenvalue weighted by Crippen LogP contribution is 2.50. The molecule has 107 heavy (non-hydrogen) atoms. The lowest BCUT2D eigenvalue weighted by atomic mass is 9.98. The number of benzene rings is 16. The molecule has 0 unspecified atom stereocenters. The molecule has 7 heterocycles. The molecule has 0 saturated carbocycles. The van der Waals surface area contributed by atoms with Gasteiger partial charge in [0.05, 0.1) is 42.8 Å². The number of nitrogens with zero attached hydrogens (tertiary/aromatic N) is 5. The molecule has 0 bridgehead atoms. The molecule has 23 rings (SSSR count). The Morgan fingerprint density at radius 2 is 0.729 bits per heavy atom. The van der Waals surface area contributed by atoms with Gasteiger partial charge < -0.3 is 13.8 Å². The third-order valence-electron chi connectivity index (χ3n) is 20.7. The van der Waals surface area contributed by atoms with Gasteiger partial charge in [-0.25, -0.2) is 9.97 Å². The summed E-state index contributed by atoms with van der Waals surface area (Å²) in [6, 6.07) is 119. The molecule has 0 radical (unpaired) electrons. The molecule has 0 aliphatic rings. The second-order valence-corrected chi connectivity index (χ2v) is 29.4. The quantitative estimate of drug-likeness (QED) is 0.159. The van der Waals surface area contributed by atoms with Crippen LogP contribution < -0.4 is 4.90 Å². The molecule has 502 valence electrons. The second-order valence-electron chi connectivity index (χ2n) is 26.9. The zero-order valence-corrected chi connectivity index (χ0v) is 59.5. The van der Waals surface area contributed by atoms with Gasteiger partial charge in [-0.15, -0.1) is 22.7 Å². The summed E-state index contributed by atoms with van der Waals surface area (Å²) in [7, 11) is 0. The number of thiophene rings is 2. The van der Waals surface area contributed by atoms with Crippen LogP contribution in [0, 0.1) is 0 Å². The van der Waals surface area contributed by atoms with Gasteiger partial charge in [0.15, 0.2) is 0 Å². The Morgan fingerprint density at radius 1 is 0.299 bits per heavy atom. The van der Waals surface area contributed by atoms with Crippen molar-refractivity contribution < 1.29 is 8.83 Å². The molecule has 0 spiro atoms. The summed E-state index contributed by atoms with van der Waals surface area (Å²) in [4.78, 5) is 25.5. The van der Waals surface area contributed by atoms with E-state index in [-0.39, 0.29) is 5.28 Å². The van der Waals surface area contributed by atoms with Crippen molar-refractivity contribution in [2.24, 2.45) is 0 Å². The lowest BCUT2D eigenvalue weighted by Gasteiger charge is -2.25. The lowest BCUT2D eigenvalue weighted by molar-refractivity contribution is 0.652. The first-order valence-corrected chi connectivity index (χ1v) is 37.6. The second kappa shape index (κ2) is 25.5.